The Morgan fingerprint density at radius 3 is 2.47 bits per heavy atom. The minimum Gasteiger partial charge on any atom is -0.393 e. The van der Waals surface area contributed by atoms with Crippen LogP contribution in [-0.4, -0.2) is 35.0 Å². The Kier molecular flexibility index (Phi) is 4.00. The molecule has 3 nitrogen and oxygen atoms in total. The molecule has 0 heterocycles. The van der Waals surface area contributed by atoms with Crippen molar-refractivity contribution in [3.63, 3.8) is 0 Å². The Labute approximate surface area is 91.9 Å². The highest BCUT2D eigenvalue weighted by atomic mass is 16.3. The second-order valence-corrected chi connectivity index (χ2v) is 5.20. The van der Waals surface area contributed by atoms with Crippen LogP contribution in [0.25, 0.3) is 0 Å². The molecule has 15 heavy (non-hydrogen) atoms. The molecule has 2 unspecified atom stereocenters. The first-order valence-corrected chi connectivity index (χ1v) is 6.35. The Hall–Kier alpha value is -0.120. The molecule has 2 saturated carbocycles. The van der Waals surface area contributed by atoms with Gasteiger partial charge in [-0.3, -0.25) is 0 Å². The molecular formula is C12H23NO2. The van der Waals surface area contributed by atoms with Gasteiger partial charge in [-0.25, -0.2) is 0 Å². The summed E-state index contributed by atoms with van der Waals surface area (Å²) in [6.45, 7) is 0.971. The molecule has 0 bridgehead atoms. The summed E-state index contributed by atoms with van der Waals surface area (Å²) >= 11 is 0. The van der Waals surface area contributed by atoms with Crippen molar-refractivity contribution in [2.45, 2.75) is 63.2 Å². The summed E-state index contributed by atoms with van der Waals surface area (Å²) in [5.41, 5.74) is 0. The lowest BCUT2D eigenvalue weighted by Crippen LogP contribution is -2.39. The van der Waals surface area contributed by atoms with Crippen LogP contribution in [-0.2, 0) is 0 Å². The van der Waals surface area contributed by atoms with Gasteiger partial charge in [0, 0.05) is 6.04 Å². The van der Waals surface area contributed by atoms with Crippen LogP contribution in [0, 0.1) is 5.92 Å². The van der Waals surface area contributed by atoms with Gasteiger partial charge >= 0.3 is 0 Å². The van der Waals surface area contributed by atoms with Gasteiger partial charge < -0.3 is 15.5 Å². The van der Waals surface area contributed by atoms with Gasteiger partial charge in [0.15, 0.2) is 0 Å². The van der Waals surface area contributed by atoms with Crippen LogP contribution in [0.4, 0.5) is 0 Å². The smallest absolute Gasteiger partial charge is 0.0693 e. The molecule has 0 spiro atoms. The highest BCUT2D eigenvalue weighted by Crippen LogP contribution is 2.25. The van der Waals surface area contributed by atoms with Gasteiger partial charge in [-0.2, -0.15) is 0 Å². The number of aliphatic hydroxyl groups excluding tert-OH is 2. The first-order chi connectivity index (χ1) is 7.25. The SMILES string of the molecule is OC1CCCC(CN[C@@H]2CCC[C@H]2O)C1. The van der Waals surface area contributed by atoms with Gasteiger partial charge in [-0.15, -0.1) is 0 Å². The molecule has 2 aliphatic carbocycles. The van der Waals surface area contributed by atoms with E-state index in [0.29, 0.717) is 12.0 Å². The van der Waals surface area contributed by atoms with E-state index in [-0.39, 0.29) is 12.2 Å². The van der Waals surface area contributed by atoms with Crippen LogP contribution < -0.4 is 5.32 Å². The summed E-state index contributed by atoms with van der Waals surface area (Å²) < 4.78 is 0. The molecule has 0 radical (unpaired) electrons. The minimum absolute atomic E-state index is 0.0842. The zero-order valence-electron chi connectivity index (χ0n) is 9.36. The molecule has 4 atom stereocenters. The average molecular weight is 213 g/mol. The zero-order chi connectivity index (χ0) is 10.7. The van der Waals surface area contributed by atoms with Crippen molar-refractivity contribution in [2.75, 3.05) is 6.54 Å². The maximum atomic E-state index is 9.66. The van der Waals surface area contributed by atoms with Gasteiger partial charge in [-0.05, 0) is 51.0 Å². The Morgan fingerprint density at radius 2 is 1.80 bits per heavy atom. The fraction of sp³-hybridized carbons (Fsp3) is 1.00. The van der Waals surface area contributed by atoms with Gasteiger partial charge in [0.1, 0.15) is 0 Å². The van der Waals surface area contributed by atoms with Crippen molar-refractivity contribution in [3.05, 3.63) is 0 Å². The first-order valence-electron chi connectivity index (χ1n) is 6.35. The fourth-order valence-electron chi connectivity index (χ4n) is 2.94. The number of rotatable bonds is 3. The van der Waals surface area contributed by atoms with E-state index in [0.717, 1.165) is 45.1 Å². The van der Waals surface area contributed by atoms with Crippen LogP contribution in [0.3, 0.4) is 0 Å². The molecule has 2 rings (SSSR count). The van der Waals surface area contributed by atoms with Gasteiger partial charge in [0.2, 0.25) is 0 Å². The van der Waals surface area contributed by atoms with E-state index in [4.69, 9.17) is 0 Å². The topological polar surface area (TPSA) is 52.5 Å². The molecule has 3 N–H and O–H groups in total. The maximum Gasteiger partial charge on any atom is 0.0693 e. The van der Waals surface area contributed by atoms with Crippen molar-refractivity contribution in [3.8, 4) is 0 Å². The summed E-state index contributed by atoms with van der Waals surface area (Å²) in [6, 6.07) is 0.309. The molecule has 0 aromatic carbocycles. The minimum atomic E-state index is -0.140. The number of hydrogen-bond acceptors (Lipinski definition) is 3. The molecule has 2 fully saturated rings. The standard InChI is InChI=1S/C12H23NO2/c14-10-4-1-3-9(7-10)8-13-11-5-2-6-12(11)15/h9-15H,1-8H2/t9?,10?,11-,12-/m1/s1. The maximum absolute atomic E-state index is 9.66. The Bertz CT molecular complexity index is 198. The van der Waals surface area contributed by atoms with E-state index < -0.39 is 0 Å². The molecule has 0 saturated heterocycles. The van der Waals surface area contributed by atoms with Crippen LogP contribution in [0.5, 0.6) is 0 Å². The molecule has 0 aliphatic heterocycles. The van der Waals surface area contributed by atoms with E-state index >= 15 is 0 Å². The summed E-state index contributed by atoms with van der Waals surface area (Å²) in [5, 5.41) is 22.7. The molecule has 88 valence electrons. The molecule has 0 aromatic heterocycles. The molecule has 3 heteroatoms. The third-order valence-electron chi connectivity index (χ3n) is 3.90. The summed E-state index contributed by atoms with van der Waals surface area (Å²) in [7, 11) is 0. The van der Waals surface area contributed by atoms with Crippen molar-refractivity contribution in [2.24, 2.45) is 5.92 Å². The van der Waals surface area contributed by atoms with Crippen molar-refractivity contribution in [1.82, 2.24) is 5.32 Å². The van der Waals surface area contributed by atoms with Gasteiger partial charge in [0.25, 0.3) is 0 Å². The average Bonchev–Trinajstić information content (AvgIpc) is 2.61. The third kappa shape index (κ3) is 3.16. The molecular weight excluding hydrogens is 190 g/mol. The highest BCUT2D eigenvalue weighted by molar-refractivity contribution is 4.84. The third-order valence-corrected chi connectivity index (χ3v) is 3.90. The Balaban J connectivity index is 1.68. The second kappa shape index (κ2) is 5.28. The monoisotopic (exact) mass is 213 g/mol. The van der Waals surface area contributed by atoms with E-state index in [9.17, 15) is 10.2 Å². The quantitative estimate of drug-likeness (QED) is 0.656. The van der Waals surface area contributed by atoms with Crippen molar-refractivity contribution < 1.29 is 10.2 Å². The van der Waals surface area contributed by atoms with Gasteiger partial charge in [-0.1, -0.05) is 6.42 Å². The van der Waals surface area contributed by atoms with Crippen LogP contribution >= 0.6 is 0 Å². The summed E-state index contributed by atoms with van der Waals surface area (Å²) in [6.07, 6.45) is 7.28. The lowest BCUT2D eigenvalue weighted by Gasteiger charge is -2.28. The molecule has 2 aliphatic rings. The van der Waals surface area contributed by atoms with Crippen LogP contribution in [0.2, 0.25) is 0 Å². The Morgan fingerprint density at radius 1 is 1.00 bits per heavy atom. The zero-order valence-corrected chi connectivity index (χ0v) is 9.36. The van der Waals surface area contributed by atoms with E-state index in [1.54, 1.807) is 0 Å². The van der Waals surface area contributed by atoms with E-state index in [2.05, 4.69) is 5.32 Å². The van der Waals surface area contributed by atoms with E-state index in [1.807, 2.05) is 0 Å². The van der Waals surface area contributed by atoms with E-state index in [1.165, 1.54) is 6.42 Å². The highest BCUT2D eigenvalue weighted by Gasteiger charge is 2.26. The summed E-state index contributed by atoms with van der Waals surface area (Å²) in [5.74, 6) is 0.613. The van der Waals surface area contributed by atoms with Crippen molar-refractivity contribution >= 4 is 0 Å². The normalized spacial score (nSPS) is 42.0. The predicted molar refractivity (Wildman–Crippen MR) is 59.6 cm³/mol. The predicted octanol–water partition coefficient (Wildman–Crippen LogP) is 1.04. The van der Waals surface area contributed by atoms with Crippen molar-refractivity contribution in [1.29, 1.82) is 0 Å². The fourth-order valence-corrected chi connectivity index (χ4v) is 2.94. The van der Waals surface area contributed by atoms with Crippen LogP contribution in [0.15, 0.2) is 0 Å². The summed E-state index contributed by atoms with van der Waals surface area (Å²) in [4.78, 5) is 0. The molecule has 0 aromatic rings. The van der Waals surface area contributed by atoms with Crippen LogP contribution in [0.1, 0.15) is 44.9 Å². The number of nitrogens with one attached hydrogen (secondary N) is 1. The largest absolute Gasteiger partial charge is 0.393 e. The lowest BCUT2D eigenvalue weighted by atomic mass is 9.87. The number of aliphatic hydroxyl groups is 2. The van der Waals surface area contributed by atoms with Gasteiger partial charge in [0.05, 0.1) is 12.2 Å². The second-order valence-electron chi connectivity index (χ2n) is 5.20. The first kappa shape index (κ1) is 11.4. The molecule has 0 amide bonds. The number of hydrogen-bond donors (Lipinski definition) is 3. The lowest BCUT2D eigenvalue weighted by molar-refractivity contribution is 0.0948.